The summed E-state index contributed by atoms with van der Waals surface area (Å²) in [5, 5.41) is 0. The fourth-order valence-electron chi connectivity index (χ4n) is 2.46. The second kappa shape index (κ2) is 6.42. The van der Waals surface area contributed by atoms with E-state index in [9.17, 15) is 0 Å². The Morgan fingerprint density at radius 2 is 1.92 bits per heavy atom. The second-order valence-corrected chi connectivity index (χ2v) is 4.31. The van der Waals surface area contributed by atoms with E-state index in [2.05, 4.69) is 6.92 Å². The Morgan fingerprint density at radius 3 is 2.46 bits per heavy atom. The molecule has 1 saturated carbocycles. The van der Waals surface area contributed by atoms with Crippen LogP contribution in [0.2, 0.25) is 0 Å². The molecule has 1 rings (SSSR count). The van der Waals surface area contributed by atoms with Crippen LogP contribution in [0.15, 0.2) is 0 Å². The lowest BCUT2D eigenvalue weighted by molar-refractivity contribution is 0.0289. The smallest absolute Gasteiger partial charge is 0.0599 e. The van der Waals surface area contributed by atoms with E-state index in [4.69, 9.17) is 4.74 Å². The van der Waals surface area contributed by atoms with E-state index in [1.54, 1.807) is 0 Å². The average molecular weight is 184 g/mol. The zero-order chi connectivity index (χ0) is 9.52. The number of unbranched alkanes of at least 4 members (excludes halogenated alkanes) is 1. The number of hydrogen-bond donors (Lipinski definition) is 0. The molecular formula is C12H24O. The van der Waals surface area contributed by atoms with Crippen molar-refractivity contribution >= 4 is 0 Å². The first-order valence-corrected chi connectivity index (χ1v) is 5.91. The van der Waals surface area contributed by atoms with E-state index in [0.29, 0.717) is 6.10 Å². The van der Waals surface area contributed by atoms with Crippen molar-refractivity contribution in [2.24, 2.45) is 5.92 Å². The van der Waals surface area contributed by atoms with Crippen LogP contribution in [0.25, 0.3) is 0 Å². The minimum atomic E-state index is 0.556. The highest BCUT2D eigenvalue weighted by Crippen LogP contribution is 2.29. The van der Waals surface area contributed by atoms with E-state index in [0.717, 1.165) is 5.92 Å². The Bertz CT molecular complexity index is 116. The van der Waals surface area contributed by atoms with Gasteiger partial charge in [0.1, 0.15) is 0 Å². The highest BCUT2D eigenvalue weighted by Gasteiger charge is 2.22. The van der Waals surface area contributed by atoms with Crippen molar-refractivity contribution in [3.05, 3.63) is 0 Å². The first kappa shape index (κ1) is 11.0. The van der Waals surface area contributed by atoms with Crippen molar-refractivity contribution in [2.45, 2.75) is 64.4 Å². The molecule has 0 spiro atoms. The number of ether oxygens (including phenoxy) is 1. The summed E-state index contributed by atoms with van der Waals surface area (Å²) in [4.78, 5) is 0. The minimum absolute atomic E-state index is 0.556. The standard InChI is InChI=1S/C12H24O/c1-3-4-10-12(13-2)11-8-6-5-7-9-11/h11-12H,3-10H2,1-2H3. The van der Waals surface area contributed by atoms with E-state index >= 15 is 0 Å². The number of hydrogen-bond acceptors (Lipinski definition) is 1. The van der Waals surface area contributed by atoms with Crippen LogP contribution >= 0.6 is 0 Å². The first-order valence-electron chi connectivity index (χ1n) is 5.91. The van der Waals surface area contributed by atoms with Gasteiger partial charge in [0.05, 0.1) is 6.10 Å². The van der Waals surface area contributed by atoms with Crippen LogP contribution < -0.4 is 0 Å². The Balaban J connectivity index is 2.26. The number of methoxy groups -OCH3 is 1. The lowest BCUT2D eigenvalue weighted by Gasteiger charge is -2.29. The maximum Gasteiger partial charge on any atom is 0.0599 e. The molecule has 0 N–H and O–H groups in total. The third-order valence-corrected chi connectivity index (χ3v) is 3.32. The SMILES string of the molecule is CCCCC(OC)C1CCCCC1. The summed E-state index contributed by atoms with van der Waals surface area (Å²) in [6.07, 6.45) is 11.6. The first-order chi connectivity index (χ1) is 6.38. The zero-order valence-corrected chi connectivity index (χ0v) is 9.22. The maximum absolute atomic E-state index is 5.59. The molecule has 1 aliphatic rings. The molecule has 1 aliphatic carbocycles. The van der Waals surface area contributed by atoms with E-state index in [1.165, 1.54) is 51.4 Å². The van der Waals surface area contributed by atoms with Gasteiger partial charge >= 0.3 is 0 Å². The molecule has 0 aromatic carbocycles. The summed E-state index contributed by atoms with van der Waals surface area (Å²) in [6.45, 7) is 2.26. The molecule has 0 aromatic rings. The lowest BCUT2D eigenvalue weighted by atomic mass is 9.83. The van der Waals surface area contributed by atoms with Crippen LogP contribution in [-0.2, 0) is 4.74 Å². The van der Waals surface area contributed by atoms with E-state index < -0.39 is 0 Å². The summed E-state index contributed by atoms with van der Waals surface area (Å²) >= 11 is 0. The van der Waals surface area contributed by atoms with Crippen molar-refractivity contribution in [1.82, 2.24) is 0 Å². The van der Waals surface area contributed by atoms with E-state index in [1.807, 2.05) is 7.11 Å². The van der Waals surface area contributed by atoms with Crippen LogP contribution in [-0.4, -0.2) is 13.2 Å². The summed E-state index contributed by atoms with van der Waals surface area (Å²) in [5.74, 6) is 0.866. The monoisotopic (exact) mass is 184 g/mol. The summed E-state index contributed by atoms with van der Waals surface area (Å²) in [6, 6.07) is 0. The highest BCUT2D eigenvalue weighted by atomic mass is 16.5. The van der Waals surface area contributed by atoms with Gasteiger partial charge in [-0.15, -0.1) is 0 Å². The normalized spacial score (nSPS) is 21.7. The molecule has 0 saturated heterocycles. The molecule has 0 bridgehead atoms. The molecule has 0 aliphatic heterocycles. The van der Waals surface area contributed by atoms with Crippen molar-refractivity contribution in [3.8, 4) is 0 Å². The maximum atomic E-state index is 5.59. The van der Waals surface area contributed by atoms with Crippen LogP contribution in [0.5, 0.6) is 0 Å². The fraction of sp³-hybridized carbons (Fsp3) is 1.00. The van der Waals surface area contributed by atoms with Crippen LogP contribution in [0, 0.1) is 5.92 Å². The Labute approximate surface area is 82.9 Å². The van der Waals surface area contributed by atoms with Crippen molar-refractivity contribution in [3.63, 3.8) is 0 Å². The molecule has 13 heavy (non-hydrogen) atoms. The molecule has 78 valence electrons. The van der Waals surface area contributed by atoms with Gasteiger partial charge in [0.25, 0.3) is 0 Å². The van der Waals surface area contributed by atoms with Crippen molar-refractivity contribution < 1.29 is 4.74 Å². The predicted octanol–water partition coefficient (Wildman–Crippen LogP) is 3.77. The van der Waals surface area contributed by atoms with Gasteiger partial charge in [0.15, 0.2) is 0 Å². The number of rotatable bonds is 5. The lowest BCUT2D eigenvalue weighted by Crippen LogP contribution is -2.24. The Morgan fingerprint density at radius 1 is 1.23 bits per heavy atom. The minimum Gasteiger partial charge on any atom is -0.381 e. The molecule has 1 heteroatoms. The van der Waals surface area contributed by atoms with Gasteiger partial charge in [-0.3, -0.25) is 0 Å². The molecule has 1 nitrogen and oxygen atoms in total. The van der Waals surface area contributed by atoms with Gasteiger partial charge in [0.2, 0.25) is 0 Å². The third-order valence-electron chi connectivity index (χ3n) is 3.32. The topological polar surface area (TPSA) is 9.23 Å². The molecule has 1 atom stereocenters. The van der Waals surface area contributed by atoms with Crippen LogP contribution in [0.1, 0.15) is 58.3 Å². The molecule has 0 radical (unpaired) electrons. The largest absolute Gasteiger partial charge is 0.381 e. The molecule has 0 heterocycles. The summed E-state index contributed by atoms with van der Waals surface area (Å²) in [5.41, 5.74) is 0. The van der Waals surface area contributed by atoms with Crippen LogP contribution in [0.3, 0.4) is 0 Å². The van der Waals surface area contributed by atoms with Gasteiger partial charge in [-0.2, -0.15) is 0 Å². The average Bonchev–Trinajstić information content (AvgIpc) is 2.21. The molecular weight excluding hydrogens is 160 g/mol. The van der Waals surface area contributed by atoms with Crippen molar-refractivity contribution in [1.29, 1.82) is 0 Å². The molecule has 1 fully saturated rings. The second-order valence-electron chi connectivity index (χ2n) is 4.31. The van der Waals surface area contributed by atoms with Gasteiger partial charge < -0.3 is 4.74 Å². The fourth-order valence-corrected chi connectivity index (χ4v) is 2.46. The quantitative estimate of drug-likeness (QED) is 0.632. The van der Waals surface area contributed by atoms with Crippen molar-refractivity contribution in [2.75, 3.05) is 7.11 Å². The summed E-state index contributed by atoms with van der Waals surface area (Å²) in [7, 11) is 1.88. The summed E-state index contributed by atoms with van der Waals surface area (Å²) < 4.78 is 5.59. The third kappa shape index (κ3) is 3.68. The molecule has 0 amide bonds. The molecule has 0 aromatic heterocycles. The van der Waals surface area contributed by atoms with Crippen LogP contribution in [0.4, 0.5) is 0 Å². The zero-order valence-electron chi connectivity index (χ0n) is 9.22. The van der Waals surface area contributed by atoms with Gasteiger partial charge in [0, 0.05) is 7.11 Å². The molecule has 1 unspecified atom stereocenters. The van der Waals surface area contributed by atoms with E-state index in [-0.39, 0.29) is 0 Å². The van der Waals surface area contributed by atoms with Gasteiger partial charge in [-0.05, 0) is 25.2 Å². The predicted molar refractivity (Wildman–Crippen MR) is 56.9 cm³/mol. The highest BCUT2D eigenvalue weighted by molar-refractivity contribution is 4.74. The Kier molecular flexibility index (Phi) is 5.45. The van der Waals surface area contributed by atoms with Gasteiger partial charge in [-0.25, -0.2) is 0 Å². The van der Waals surface area contributed by atoms with Gasteiger partial charge in [-0.1, -0.05) is 39.0 Å². The Hall–Kier alpha value is -0.0400.